The number of carbonyl (C=O) groups is 1. The van der Waals surface area contributed by atoms with Crippen molar-refractivity contribution in [2.45, 2.75) is 44.9 Å². The number of aryl methyl sites for hydroxylation is 1. The van der Waals surface area contributed by atoms with Crippen LogP contribution in [0.25, 0.3) is 10.8 Å². The first-order valence-electron chi connectivity index (χ1n) is 14.1. The van der Waals surface area contributed by atoms with Gasteiger partial charge in [-0.15, -0.1) is 0 Å². The Kier molecular flexibility index (Phi) is 7.42. The Hall–Kier alpha value is -3.56. The summed E-state index contributed by atoms with van der Waals surface area (Å²) in [6.45, 7) is 9.13. The van der Waals surface area contributed by atoms with Crippen LogP contribution in [0, 0.1) is 6.92 Å². The molecule has 210 valence electrons. The summed E-state index contributed by atoms with van der Waals surface area (Å²) in [5.41, 5.74) is 4.26. The van der Waals surface area contributed by atoms with Gasteiger partial charge in [0, 0.05) is 44.2 Å². The van der Waals surface area contributed by atoms with E-state index in [1.54, 1.807) is 0 Å². The lowest BCUT2D eigenvalue weighted by Gasteiger charge is -2.37. The number of halogens is 1. The molecule has 9 heteroatoms. The van der Waals surface area contributed by atoms with Gasteiger partial charge in [0.25, 0.3) is 5.91 Å². The maximum Gasteiger partial charge on any atom is 0.318 e. The van der Waals surface area contributed by atoms with Gasteiger partial charge in [-0.1, -0.05) is 43.0 Å². The summed E-state index contributed by atoms with van der Waals surface area (Å²) in [5, 5.41) is 2.42. The topological polar surface area (TPSA) is 71.0 Å². The molecule has 2 fully saturated rings. The SMILES string of the molecule is C=C(F)C(=O)N1CCN(c2nc(OC[C@@H]3CCCN3C)nc3c2COC(c2cccc4cccc(C)c24)C3)CC1. The molecular weight excluding hydrogens is 509 g/mol. The van der Waals surface area contributed by atoms with Crippen LogP contribution in [0.4, 0.5) is 10.2 Å². The van der Waals surface area contributed by atoms with Crippen molar-refractivity contribution in [2.75, 3.05) is 51.3 Å². The smallest absolute Gasteiger partial charge is 0.318 e. The summed E-state index contributed by atoms with van der Waals surface area (Å²) in [5.74, 6) is -0.798. The van der Waals surface area contributed by atoms with Gasteiger partial charge in [0.1, 0.15) is 12.4 Å². The molecule has 6 rings (SSSR count). The van der Waals surface area contributed by atoms with Crippen molar-refractivity contribution in [3.63, 3.8) is 0 Å². The van der Waals surface area contributed by atoms with Crippen molar-refractivity contribution < 1.29 is 18.7 Å². The van der Waals surface area contributed by atoms with E-state index in [2.05, 4.69) is 66.7 Å². The number of amides is 1. The predicted molar refractivity (Wildman–Crippen MR) is 152 cm³/mol. The van der Waals surface area contributed by atoms with Crippen LogP contribution in [0.2, 0.25) is 0 Å². The number of hydrogen-bond donors (Lipinski definition) is 0. The van der Waals surface area contributed by atoms with Crippen molar-refractivity contribution in [3.05, 3.63) is 71.2 Å². The second-order valence-corrected chi connectivity index (χ2v) is 11.1. The molecule has 3 aliphatic heterocycles. The third-order valence-corrected chi connectivity index (χ3v) is 8.52. The van der Waals surface area contributed by atoms with Crippen LogP contribution in [0.1, 0.15) is 41.3 Å². The van der Waals surface area contributed by atoms with Gasteiger partial charge in [-0.05, 0) is 55.3 Å². The van der Waals surface area contributed by atoms with Gasteiger partial charge < -0.3 is 24.2 Å². The van der Waals surface area contributed by atoms with Gasteiger partial charge in [-0.2, -0.15) is 9.97 Å². The standard InChI is InChI=1S/C31H36FN5O3/c1-20-7-4-8-22-9-5-11-24(28(20)22)27-17-26-25(19-39-27)29(36-13-15-37(16-14-36)30(38)21(2)32)34-31(33-26)40-18-23-10-6-12-35(23)3/h4-5,7-9,11,23,27H,2,6,10,12-19H2,1,3H3/t23-,27?/m0/s1. The van der Waals surface area contributed by atoms with Crippen molar-refractivity contribution in [1.29, 1.82) is 0 Å². The number of rotatable bonds is 6. The summed E-state index contributed by atoms with van der Waals surface area (Å²) < 4.78 is 26.2. The van der Waals surface area contributed by atoms with E-state index in [-0.39, 0.29) is 6.10 Å². The highest BCUT2D eigenvalue weighted by atomic mass is 19.1. The fraction of sp³-hybridized carbons (Fsp3) is 0.452. The first kappa shape index (κ1) is 26.7. The monoisotopic (exact) mass is 545 g/mol. The normalized spacial score (nSPS) is 21.5. The van der Waals surface area contributed by atoms with Crippen molar-refractivity contribution in [2.24, 2.45) is 0 Å². The average Bonchev–Trinajstić information content (AvgIpc) is 3.39. The number of carbonyl (C=O) groups excluding carboxylic acids is 1. The minimum Gasteiger partial charge on any atom is -0.462 e. The van der Waals surface area contributed by atoms with Gasteiger partial charge in [0.15, 0.2) is 5.83 Å². The summed E-state index contributed by atoms with van der Waals surface area (Å²) in [6.07, 6.45) is 2.73. The summed E-state index contributed by atoms with van der Waals surface area (Å²) >= 11 is 0. The Morgan fingerprint density at radius 2 is 1.90 bits per heavy atom. The molecule has 8 nitrogen and oxygen atoms in total. The summed E-state index contributed by atoms with van der Waals surface area (Å²) in [6, 6.07) is 13.4. The molecule has 4 heterocycles. The molecule has 2 saturated heterocycles. The Morgan fingerprint density at radius 1 is 1.12 bits per heavy atom. The Bertz CT molecular complexity index is 1430. The lowest BCUT2D eigenvalue weighted by atomic mass is 9.92. The van der Waals surface area contributed by atoms with Crippen LogP contribution in [0.15, 0.2) is 48.8 Å². The van der Waals surface area contributed by atoms with Crippen LogP contribution < -0.4 is 9.64 Å². The van der Waals surface area contributed by atoms with Gasteiger partial charge >= 0.3 is 6.01 Å². The minimum atomic E-state index is -0.927. The molecule has 0 aliphatic carbocycles. The molecule has 40 heavy (non-hydrogen) atoms. The highest BCUT2D eigenvalue weighted by molar-refractivity contribution is 5.91. The van der Waals surface area contributed by atoms with Crippen LogP contribution in [-0.4, -0.2) is 78.1 Å². The highest BCUT2D eigenvalue weighted by Gasteiger charge is 2.32. The molecule has 0 spiro atoms. The zero-order valence-electron chi connectivity index (χ0n) is 23.2. The zero-order chi connectivity index (χ0) is 27.8. The van der Waals surface area contributed by atoms with E-state index < -0.39 is 11.7 Å². The molecule has 2 aromatic carbocycles. The van der Waals surface area contributed by atoms with Crippen LogP contribution in [0.5, 0.6) is 6.01 Å². The molecule has 0 bridgehead atoms. The maximum atomic E-state index is 13.5. The van der Waals surface area contributed by atoms with Gasteiger partial charge in [0.2, 0.25) is 0 Å². The molecule has 0 radical (unpaired) electrons. The molecule has 0 saturated carbocycles. The lowest BCUT2D eigenvalue weighted by Crippen LogP contribution is -2.49. The second kappa shape index (κ2) is 11.1. The van der Waals surface area contributed by atoms with Gasteiger partial charge in [0.05, 0.1) is 18.4 Å². The first-order valence-corrected chi connectivity index (χ1v) is 14.1. The first-order chi connectivity index (χ1) is 19.4. The number of fused-ring (bicyclic) bond motifs is 2. The molecule has 3 aliphatic rings. The van der Waals surface area contributed by atoms with E-state index in [0.717, 1.165) is 35.6 Å². The molecule has 1 unspecified atom stereocenters. The number of hydrogen-bond acceptors (Lipinski definition) is 7. The zero-order valence-corrected chi connectivity index (χ0v) is 23.2. The molecule has 3 aromatic rings. The lowest BCUT2D eigenvalue weighted by molar-refractivity contribution is -0.128. The summed E-state index contributed by atoms with van der Waals surface area (Å²) in [4.78, 5) is 27.8. The fourth-order valence-corrected chi connectivity index (χ4v) is 6.24. The van der Waals surface area contributed by atoms with Crippen molar-refractivity contribution >= 4 is 22.5 Å². The van der Waals surface area contributed by atoms with Crippen molar-refractivity contribution in [1.82, 2.24) is 19.8 Å². The van der Waals surface area contributed by atoms with Crippen LogP contribution >= 0.6 is 0 Å². The number of aromatic nitrogens is 2. The van der Waals surface area contributed by atoms with E-state index in [4.69, 9.17) is 19.4 Å². The molecular formula is C31H36FN5O3. The third-order valence-electron chi connectivity index (χ3n) is 8.52. The summed E-state index contributed by atoms with van der Waals surface area (Å²) in [7, 11) is 2.13. The van der Waals surface area contributed by atoms with Gasteiger partial charge in [-0.25, -0.2) is 4.39 Å². The second-order valence-electron chi connectivity index (χ2n) is 11.1. The number of likely N-dealkylation sites (tertiary alicyclic amines) is 1. The number of piperazine rings is 1. The fourth-order valence-electron chi connectivity index (χ4n) is 6.24. The van der Waals surface area contributed by atoms with Crippen molar-refractivity contribution in [3.8, 4) is 6.01 Å². The maximum absolute atomic E-state index is 13.5. The third kappa shape index (κ3) is 5.15. The minimum absolute atomic E-state index is 0.140. The number of benzene rings is 2. The van der Waals surface area contributed by atoms with E-state index in [9.17, 15) is 9.18 Å². The Morgan fingerprint density at radius 3 is 2.62 bits per heavy atom. The predicted octanol–water partition coefficient (Wildman–Crippen LogP) is 4.36. The largest absolute Gasteiger partial charge is 0.462 e. The highest BCUT2D eigenvalue weighted by Crippen LogP contribution is 2.38. The molecule has 2 atom stereocenters. The van der Waals surface area contributed by atoms with E-state index in [1.807, 2.05) is 0 Å². The number of nitrogens with zero attached hydrogens (tertiary/aromatic N) is 5. The Balaban J connectivity index is 1.30. The van der Waals surface area contributed by atoms with E-state index >= 15 is 0 Å². The average molecular weight is 546 g/mol. The quantitative estimate of drug-likeness (QED) is 0.427. The van der Waals surface area contributed by atoms with E-state index in [0.29, 0.717) is 57.9 Å². The number of ether oxygens (including phenoxy) is 2. The van der Waals surface area contributed by atoms with E-state index in [1.165, 1.54) is 27.7 Å². The number of anilines is 1. The van der Waals surface area contributed by atoms with Crippen LogP contribution in [0.3, 0.4) is 0 Å². The molecule has 0 N–H and O–H groups in total. The molecule has 1 aromatic heterocycles. The Labute approximate surface area is 234 Å². The van der Waals surface area contributed by atoms with Crippen LogP contribution in [-0.2, 0) is 22.6 Å². The van der Waals surface area contributed by atoms with Gasteiger partial charge in [-0.3, -0.25) is 4.79 Å². The molecule has 1 amide bonds. The number of likely N-dealkylation sites (N-methyl/N-ethyl adjacent to an activating group) is 1.